The van der Waals surface area contributed by atoms with Gasteiger partial charge in [-0.05, 0) is 68.1 Å². The molecule has 1 saturated heterocycles. The lowest BCUT2D eigenvalue weighted by atomic mass is 9.96. The zero-order valence-electron chi connectivity index (χ0n) is 25.1. The number of sulfonamides is 1. The summed E-state index contributed by atoms with van der Waals surface area (Å²) in [6.07, 6.45) is 3.76. The molecule has 1 aliphatic heterocycles. The summed E-state index contributed by atoms with van der Waals surface area (Å²) in [6.45, 7) is 5.53. The summed E-state index contributed by atoms with van der Waals surface area (Å²) in [7, 11) is -3.66. The monoisotopic (exact) mass is 606 g/mol. The van der Waals surface area contributed by atoms with Gasteiger partial charge in [0, 0.05) is 40.8 Å². The van der Waals surface area contributed by atoms with Crippen LogP contribution >= 0.6 is 0 Å². The summed E-state index contributed by atoms with van der Waals surface area (Å²) in [5.74, 6) is -0.170. The number of hydrogen-bond donors (Lipinski definition) is 3. The van der Waals surface area contributed by atoms with Gasteiger partial charge in [-0.2, -0.15) is 0 Å². The number of rotatable bonds is 9. The van der Waals surface area contributed by atoms with E-state index in [-0.39, 0.29) is 11.6 Å². The number of aromatic amines is 1. The van der Waals surface area contributed by atoms with E-state index in [1.807, 2.05) is 60.7 Å². The molecule has 226 valence electrons. The van der Waals surface area contributed by atoms with Crippen LogP contribution in [-0.4, -0.2) is 41.2 Å². The lowest BCUT2D eigenvalue weighted by Crippen LogP contribution is -2.42. The summed E-state index contributed by atoms with van der Waals surface area (Å²) < 4.78 is 28.7. The van der Waals surface area contributed by atoms with E-state index in [2.05, 4.69) is 40.6 Å². The number of benzene rings is 4. The largest absolute Gasteiger partial charge is 0.494 e. The average Bonchev–Trinajstić information content (AvgIpc) is 3.33. The van der Waals surface area contributed by atoms with Gasteiger partial charge in [-0.3, -0.25) is 9.62 Å². The van der Waals surface area contributed by atoms with Gasteiger partial charge >= 0.3 is 0 Å². The number of piperidine rings is 1. The van der Waals surface area contributed by atoms with E-state index in [9.17, 15) is 13.5 Å². The second-order valence-corrected chi connectivity index (χ2v) is 13.5. The molecule has 2 atom stereocenters. The van der Waals surface area contributed by atoms with E-state index in [0.717, 1.165) is 17.8 Å². The first-order valence-corrected chi connectivity index (χ1v) is 16.8. The Balaban J connectivity index is 1.34. The average molecular weight is 607 g/mol. The molecule has 0 spiro atoms. The molecule has 3 N–H and O–H groups in total. The molecule has 0 amide bonds. The van der Waals surface area contributed by atoms with Crippen LogP contribution in [0.5, 0.6) is 5.88 Å². The summed E-state index contributed by atoms with van der Waals surface area (Å²) >= 11 is 0. The van der Waals surface area contributed by atoms with Gasteiger partial charge in [0.1, 0.15) is 0 Å². The van der Waals surface area contributed by atoms with E-state index in [4.69, 9.17) is 4.99 Å². The lowest BCUT2D eigenvalue weighted by Gasteiger charge is -2.39. The Morgan fingerprint density at radius 2 is 1.55 bits per heavy atom. The minimum absolute atomic E-state index is 0.0309. The highest BCUT2D eigenvalue weighted by Gasteiger charge is 2.25. The predicted molar refractivity (Wildman–Crippen MR) is 179 cm³/mol. The number of nitrogens with zero attached hydrogens (tertiary/aromatic N) is 2. The minimum atomic E-state index is -3.66. The van der Waals surface area contributed by atoms with Crippen molar-refractivity contribution >= 4 is 38.0 Å². The van der Waals surface area contributed by atoms with Crippen molar-refractivity contribution in [1.29, 1.82) is 0 Å². The number of hydrogen-bond acceptors (Lipinski definition) is 5. The van der Waals surface area contributed by atoms with Crippen molar-refractivity contribution in [3.63, 3.8) is 0 Å². The molecular weight excluding hydrogens is 568 g/mol. The van der Waals surface area contributed by atoms with Gasteiger partial charge in [0.25, 0.3) is 0 Å². The standard InChI is InChI=1S/C36H38N4O3S/c1-25-10-9-11-26(2)40(25)23-27-16-18-30(19-17-27)37-35(29-14-7-4-8-15-29)34-32-22-31(20-21-33(32)38-36(34)41)39-44(42,43)24-28-12-5-3-6-13-28/h3-8,12-22,25-26,38-39,41H,9-11,23-24H2,1-2H3. The van der Waals surface area contributed by atoms with Gasteiger partial charge in [0.2, 0.25) is 10.0 Å². The van der Waals surface area contributed by atoms with Crippen molar-refractivity contribution < 1.29 is 13.5 Å². The van der Waals surface area contributed by atoms with Gasteiger partial charge in [0.15, 0.2) is 5.88 Å². The Hall–Kier alpha value is -4.40. The Morgan fingerprint density at radius 3 is 2.23 bits per heavy atom. The van der Waals surface area contributed by atoms with Crippen molar-refractivity contribution in [1.82, 2.24) is 9.88 Å². The molecule has 2 heterocycles. The van der Waals surface area contributed by atoms with E-state index in [1.165, 1.54) is 24.8 Å². The first kappa shape index (κ1) is 29.7. The summed E-state index contributed by atoms with van der Waals surface area (Å²) in [5, 5.41) is 11.8. The first-order chi connectivity index (χ1) is 21.3. The van der Waals surface area contributed by atoms with Crippen molar-refractivity contribution in [2.45, 2.75) is 57.5 Å². The maximum atomic E-state index is 13.0. The van der Waals surface area contributed by atoms with Crippen molar-refractivity contribution in [2.24, 2.45) is 4.99 Å². The Bertz CT molecular complexity index is 1860. The number of fused-ring (bicyclic) bond motifs is 1. The molecule has 0 radical (unpaired) electrons. The smallest absolute Gasteiger partial charge is 0.236 e. The van der Waals surface area contributed by atoms with E-state index < -0.39 is 10.0 Å². The van der Waals surface area contributed by atoms with Crippen molar-refractivity contribution in [2.75, 3.05) is 4.72 Å². The number of aliphatic imine (C=N–C) groups is 1. The molecule has 44 heavy (non-hydrogen) atoms. The van der Waals surface area contributed by atoms with Crippen LogP contribution in [0.2, 0.25) is 0 Å². The van der Waals surface area contributed by atoms with Crippen LogP contribution < -0.4 is 4.72 Å². The minimum Gasteiger partial charge on any atom is -0.494 e. The van der Waals surface area contributed by atoms with Crippen molar-refractivity contribution in [3.05, 3.63) is 125 Å². The summed E-state index contributed by atoms with van der Waals surface area (Å²) in [6, 6.07) is 33.4. The summed E-state index contributed by atoms with van der Waals surface area (Å²) in [5.41, 5.74) is 5.72. The van der Waals surface area contributed by atoms with Crippen LogP contribution in [0.15, 0.2) is 108 Å². The predicted octanol–water partition coefficient (Wildman–Crippen LogP) is 7.75. The molecule has 1 fully saturated rings. The second-order valence-electron chi connectivity index (χ2n) is 11.7. The van der Waals surface area contributed by atoms with Gasteiger partial charge in [0.05, 0.1) is 22.7 Å². The Labute approximate surface area is 259 Å². The number of aromatic nitrogens is 1. The quantitative estimate of drug-likeness (QED) is 0.150. The molecule has 5 aromatic rings. The van der Waals surface area contributed by atoms with Crippen LogP contribution in [0, 0.1) is 0 Å². The third-order valence-electron chi connectivity index (χ3n) is 8.45. The number of nitrogens with one attached hydrogen (secondary N) is 2. The normalized spacial score (nSPS) is 18.0. The number of anilines is 1. The van der Waals surface area contributed by atoms with Crippen LogP contribution in [0.1, 0.15) is 55.4 Å². The molecule has 1 aliphatic rings. The molecule has 6 rings (SSSR count). The van der Waals surface area contributed by atoms with E-state index in [0.29, 0.717) is 45.5 Å². The third-order valence-corrected chi connectivity index (χ3v) is 9.71. The number of likely N-dealkylation sites (tertiary alicyclic amines) is 1. The van der Waals surface area contributed by atoms with Gasteiger partial charge in [-0.25, -0.2) is 13.4 Å². The van der Waals surface area contributed by atoms with Crippen LogP contribution in [-0.2, 0) is 22.3 Å². The fourth-order valence-electron chi connectivity index (χ4n) is 6.15. The number of aromatic hydroxyl groups is 1. The zero-order chi connectivity index (χ0) is 30.7. The molecule has 8 heteroatoms. The van der Waals surface area contributed by atoms with Crippen LogP contribution in [0.4, 0.5) is 11.4 Å². The van der Waals surface area contributed by atoms with E-state index >= 15 is 0 Å². The highest BCUT2D eigenvalue weighted by molar-refractivity contribution is 7.91. The highest BCUT2D eigenvalue weighted by atomic mass is 32.2. The SMILES string of the molecule is CC1CCCC(C)N1Cc1ccc(N=C(c2ccccc2)c2c(O)[nH]c3ccc(NS(=O)(=O)Cc4ccccc4)cc23)cc1. The maximum absolute atomic E-state index is 13.0. The molecule has 0 bridgehead atoms. The molecule has 2 unspecified atom stereocenters. The Morgan fingerprint density at radius 1 is 0.886 bits per heavy atom. The lowest BCUT2D eigenvalue weighted by molar-refractivity contribution is 0.0953. The highest BCUT2D eigenvalue weighted by Crippen LogP contribution is 2.34. The molecule has 0 aliphatic carbocycles. The molecule has 4 aromatic carbocycles. The van der Waals surface area contributed by atoms with E-state index in [1.54, 1.807) is 30.3 Å². The van der Waals surface area contributed by atoms with Gasteiger partial charge in [-0.1, -0.05) is 79.2 Å². The molecule has 7 nitrogen and oxygen atoms in total. The molecule has 0 saturated carbocycles. The summed E-state index contributed by atoms with van der Waals surface area (Å²) in [4.78, 5) is 10.7. The van der Waals surface area contributed by atoms with Gasteiger partial charge in [-0.15, -0.1) is 0 Å². The maximum Gasteiger partial charge on any atom is 0.236 e. The second kappa shape index (κ2) is 12.7. The topological polar surface area (TPSA) is 97.8 Å². The fourth-order valence-corrected chi connectivity index (χ4v) is 7.34. The molecule has 1 aromatic heterocycles. The Kier molecular flexibility index (Phi) is 8.55. The van der Waals surface area contributed by atoms with Crippen LogP contribution in [0.3, 0.4) is 0 Å². The first-order valence-electron chi connectivity index (χ1n) is 15.1. The molecular formula is C36H38N4O3S. The van der Waals surface area contributed by atoms with Crippen LogP contribution in [0.25, 0.3) is 10.9 Å². The fraction of sp³-hybridized carbons (Fsp3) is 0.250. The third kappa shape index (κ3) is 6.72. The van der Waals surface area contributed by atoms with Crippen molar-refractivity contribution in [3.8, 4) is 5.88 Å². The number of H-pyrrole nitrogens is 1. The zero-order valence-corrected chi connectivity index (χ0v) is 25.9. The van der Waals surface area contributed by atoms with Gasteiger partial charge < -0.3 is 10.1 Å².